The molecule has 1 amide bonds. The number of rotatable bonds is 8. The van der Waals surface area contributed by atoms with Gasteiger partial charge in [0, 0.05) is 6.54 Å². The van der Waals surface area contributed by atoms with E-state index in [2.05, 4.69) is 0 Å². The Kier molecular flexibility index (Phi) is 8.83. The van der Waals surface area contributed by atoms with Crippen LogP contribution in [0.4, 0.5) is 4.79 Å². The number of halogens is 2. The van der Waals surface area contributed by atoms with Crippen LogP contribution in [0.3, 0.4) is 0 Å². The van der Waals surface area contributed by atoms with Gasteiger partial charge in [-0.25, -0.2) is 4.79 Å². The second-order valence-corrected chi connectivity index (χ2v) is 11.2. The van der Waals surface area contributed by atoms with Gasteiger partial charge in [-0.3, -0.25) is 4.18 Å². The summed E-state index contributed by atoms with van der Waals surface area (Å²) in [6, 6.07) is 22.5. The first-order valence-corrected chi connectivity index (χ1v) is 13.1. The maximum absolute atomic E-state index is 13.3. The molecule has 0 aliphatic heterocycles. The molecule has 186 valence electrons. The molecule has 35 heavy (non-hydrogen) atoms. The smallest absolute Gasteiger partial charge is 0.410 e. The molecule has 1 atom stereocenters. The van der Waals surface area contributed by atoms with Gasteiger partial charge < -0.3 is 9.64 Å². The van der Waals surface area contributed by atoms with Crippen molar-refractivity contribution in [2.75, 3.05) is 6.54 Å². The summed E-state index contributed by atoms with van der Waals surface area (Å²) in [7, 11) is -4.39. The van der Waals surface area contributed by atoms with Gasteiger partial charge in [0.25, 0.3) is 0 Å². The average molecular weight is 536 g/mol. The lowest BCUT2D eigenvalue weighted by Crippen LogP contribution is -2.39. The van der Waals surface area contributed by atoms with E-state index >= 15 is 0 Å². The summed E-state index contributed by atoms with van der Waals surface area (Å²) in [4.78, 5) is 14.2. The Morgan fingerprint density at radius 2 is 1.43 bits per heavy atom. The van der Waals surface area contributed by atoms with E-state index in [9.17, 15) is 13.2 Å². The molecule has 0 spiro atoms. The van der Waals surface area contributed by atoms with Gasteiger partial charge in [0.1, 0.15) is 16.6 Å². The lowest BCUT2D eigenvalue weighted by molar-refractivity contribution is 0.0151. The maximum atomic E-state index is 13.3. The molecule has 0 N–H and O–H groups in total. The van der Waals surface area contributed by atoms with Crippen LogP contribution in [0.5, 0.6) is 0 Å². The molecule has 0 bridgehead atoms. The van der Waals surface area contributed by atoms with Gasteiger partial charge in [-0.1, -0.05) is 89.9 Å². The Labute approximate surface area is 216 Å². The maximum Gasteiger partial charge on any atom is 0.410 e. The fourth-order valence-corrected chi connectivity index (χ4v) is 5.47. The third kappa shape index (κ3) is 7.70. The van der Waals surface area contributed by atoms with Gasteiger partial charge in [0.05, 0.1) is 16.6 Å². The Morgan fingerprint density at radius 3 is 1.97 bits per heavy atom. The van der Waals surface area contributed by atoms with E-state index in [-0.39, 0.29) is 28.0 Å². The van der Waals surface area contributed by atoms with Crippen LogP contribution in [0, 0.1) is 0 Å². The van der Waals surface area contributed by atoms with Crippen LogP contribution in [0.2, 0.25) is 10.0 Å². The normalized spacial score (nSPS) is 12.7. The molecule has 0 saturated carbocycles. The molecule has 0 aliphatic carbocycles. The number of ether oxygens (including phenoxy) is 1. The molecule has 3 aromatic rings. The van der Waals surface area contributed by atoms with Crippen LogP contribution in [0.25, 0.3) is 0 Å². The number of nitrogens with zero attached hydrogens (tertiary/aromatic N) is 1. The topological polar surface area (TPSA) is 72.9 Å². The molecule has 9 heteroatoms. The Hall–Kier alpha value is -2.58. The van der Waals surface area contributed by atoms with E-state index in [1.165, 1.54) is 17.0 Å². The molecule has 6 nitrogen and oxygen atoms in total. The molecule has 1 unspecified atom stereocenters. The average Bonchev–Trinajstić information content (AvgIpc) is 2.78. The minimum atomic E-state index is -4.39. The highest BCUT2D eigenvalue weighted by molar-refractivity contribution is 7.87. The van der Waals surface area contributed by atoms with Crippen molar-refractivity contribution in [3.05, 3.63) is 100 Å². The summed E-state index contributed by atoms with van der Waals surface area (Å²) in [5, 5.41) is -0.116. The Morgan fingerprint density at radius 1 is 0.886 bits per heavy atom. The first-order valence-electron chi connectivity index (χ1n) is 10.9. The van der Waals surface area contributed by atoms with Crippen molar-refractivity contribution in [3.63, 3.8) is 0 Å². The largest absolute Gasteiger partial charge is 0.444 e. The molecular formula is C26H27Cl2NO5S. The van der Waals surface area contributed by atoms with Crippen LogP contribution < -0.4 is 0 Å². The summed E-state index contributed by atoms with van der Waals surface area (Å²) >= 11 is 12.3. The molecule has 0 radical (unpaired) electrons. The zero-order valence-electron chi connectivity index (χ0n) is 19.6. The second kappa shape index (κ2) is 11.4. The van der Waals surface area contributed by atoms with Crippen molar-refractivity contribution >= 4 is 39.4 Å². The summed E-state index contributed by atoms with van der Waals surface area (Å²) in [5.74, 6) is 0. The Bertz CT molecular complexity index is 1230. The van der Waals surface area contributed by atoms with Crippen molar-refractivity contribution in [2.24, 2.45) is 0 Å². The quantitative estimate of drug-likeness (QED) is 0.294. The predicted octanol–water partition coefficient (Wildman–Crippen LogP) is 6.88. The number of hydrogen-bond acceptors (Lipinski definition) is 5. The van der Waals surface area contributed by atoms with Crippen LogP contribution in [0.15, 0.2) is 83.8 Å². The zero-order chi connectivity index (χ0) is 25.6. The third-order valence-electron chi connectivity index (χ3n) is 4.84. The van der Waals surface area contributed by atoms with Gasteiger partial charge in [0.15, 0.2) is 0 Å². The number of carbonyl (C=O) groups is 1. The van der Waals surface area contributed by atoms with Crippen molar-refractivity contribution in [2.45, 2.75) is 43.9 Å². The van der Waals surface area contributed by atoms with Gasteiger partial charge in [-0.15, -0.1) is 0 Å². The van der Waals surface area contributed by atoms with E-state index in [0.717, 1.165) is 5.56 Å². The number of benzene rings is 3. The standard InChI is InChI=1S/C26H27Cl2NO5S/c1-26(2,3)33-25(30)29(17-19-11-6-4-7-12-19)18-23(20-13-8-5-9-14-20)34-35(31,32)24-21(27)15-10-16-22(24)28/h4-16,23H,17-18H2,1-3H3. The molecule has 3 aromatic carbocycles. The highest BCUT2D eigenvalue weighted by Crippen LogP contribution is 2.34. The lowest BCUT2D eigenvalue weighted by Gasteiger charge is -2.30. The van der Waals surface area contributed by atoms with E-state index in [4.69, 9.17) is 32.1 Å². The van der Waals surface area contributed by atoms with Gasteiger partial charge in [0.2, 0.25) is 0 Å². The van der Waals surface area contributed by atoms with Crippen LogP contribution in [0.1, 0.15) is 38.0 Å². The predicted molar refractivity (Wildman–Crippen MR) is 137 cm³/mol. The minimum absolute atomic E-state index is 0.0578. The summed E-state index contributed by atoms with van der Waals surface area (Å²) < 4.78 is 37.8. The van der Waals surface area contributed by atoms with Crippen LogP contribution in [-0.2, 0) is 25.6 Å². The SMILES string of the molecule is CC(C)(C)OC(=O)N(Cc1ccccc1)CC(OS(=O)(=O)c1c(Cl)cccc1Cl)c1ccccc1. The third-order valence-corrected chi connectivity index (χ3v) is 7.12. The first-order chi connectivity index (χ1) is 16.5. The first kappa shape index (κ1) is 27.0. The van der Waals surface area contributed by atoms with Crippen molar-refractivity contribution in [1.29, 1.82) is 0 Å². The number of hydrogen-bond donors (Lipinski definition) is 0. The summed E-state index contributed by atoms with van der Waals surface area (Å²) in [6.45, 7) is 5.38. The van der Waals surface area contributed by atoms with Gasteiger partial charge in [-0.05, 0) is 44.0 Å². The summed E-state index contributed by atoms with van der Waals surface area (Å²) in [6.07, 6.45) is -1.65. The van der Waals surface area contributed by atoms with Crippen molar-refractivity contribution in [3.8, 4) is 0 Å². The highest BCUT2D eigenvalue weighted by atomic mass is 35.5. The lowest BCUT2D eigenvalue weighted by atomic mass is 10.1. The molecule has 3 rings (SSSR count). The monoisotopic (exact) mass is 535 g/mol. The van der Waals surface area contributed by atoms with Crippen LogP contribution in [-0.4, -0.2) is 31.6 Å². The van der Waals surface area contributed by atoms with E-state index < -0.39 is 27.9 Å². The highest BCUT2D eigenvalue weighted by Gasteiger charge is 2.31. The molecule has 0 aliphatic rings. The van der Waals surface area contributed by atoms with E-state index in [0.29, 0.717) is 5.56 Å². The Balaban J connectivity index is 1.99. The number of carbonyl (C=O) groups excluding carboxylic acids is 1. The molecule has 0 fully saturated rings. The minimum Gasteiger partial charge on any atom is -0.444 e. The molecular weight excluding hydrogens is 509 g/mol. The van der Waals surface area contributed by atoms with E-state index in [1.807, 2.05) is 30.3 Å². The molecule has 0 heterocycles. The van der Waals surface area contributed by atoms with Gasteiger partial charge in [-0.2, -0.15) is 8.42 Å². The summed E-state index contributed by atoms with van der Waals surface area (Å²) in [5.41, 5.74) is 0.662. The number of amides is 1. The fourth-order valence-electron chi connectivity index (χ4n) is 3.32. The fraction of sp³-hybridized carbons (Fsp3) is 0.269. The van der Waals surface area contributed by atoms with Crippen molar-refractivity contribution < 1.29 is 22.1 Å². The zero-order valence-corrected chi connectivity index (χ0v) is 22.0. The van der Waals surface area contributed by atoms with Crippen LogP contribution >= 0.6 is 23.2 Å². The van der Waals surface area contributed by atoms with E-state index in [1.54, 1.807) is 57.2 Å². The second-order valence-electron chi connectivity index (χ2n) is 8.85. The molecule has 0 saturated heterocycles. The molecule has 0 aromatic heterocycles. The van der Waals surface area contributed by atoms with Gasteiger partial charge >= 0.3 is 16.2 Å². The van der Waals surface area contributed by atoms with Crippen molar-refractivity contribution in [1.82, 2.24) is 4.90 Å².